The second-order valence-corrected chi connectivity index (χ2v) is 8.06. The molecule has 5 rings (SSSR count). The third kappa shape index (κ3) is 4.62. The number of nitrogens with zero attached hydrogens (tertiary/aromatic N) is 2. The van der Waals surface area contributed by atoms with E-state index in [1.807, 2.05) is 0 Å². The highest BCUT2D eigenvalue weighted by molar-refractivity contribution is 6.05. The molecule has 3 aliphatic rings. The summed E-state index contributed by atoms with van der Waals surface area (Å²) in [6.45, 7) is -7.94. The van der Waals surface area contributed by atoms with Gasteiger partial charge >= 0.3 is 0 Å². The fourth-order valence-corrected chi connectivity index (χ4v) is 4.16. The van der Waals surface area contributed by atoms with Crippen molar-refractivity contribution in [2.24, 2.45) is 0 Å². The number of piperidine rings is 1. The lowest BCUT2D eigenvalue weighted by molar-refractivity contribution is -0.136. The van der Waals surface area contributed by atoms with Gasteiger partial charge in [-0.2, -0.15) is 0 Å². The van der Waals surface area contributed by atoms with Gasteiger partial charge in [-0.15, -0.1) is 0 Å². The van der Waals surface area contributed by atoms with Crippen molar-refractivity contribution >= 4 is 17.7 Å². The summed E-state index contributed by atoms with van der Waals surface area (Å²) in [5.74, 6) is -0.604. The molecule has 8 heteroatoms. The van der Waals surface area contributed by atoms with Crippen molar-refractivity contribution in [1.82, 2.24) is 15.1 Å². The van der Waals surface area contributed by atoms with Crippen LogP contribution in [0.25, 0.3) is 0 Å². The molecule has 33 heavy (non-hydrogen) atoms. The van der Waals surface area contributed by atoms with E-state index in [9.17, 15) is 14.4 Å². The molecule has 172 valence electrons. The average Bonchev–Trinajstić information content (AvgIpc) is 3.21. The van der Waals surface area contributed by atoms with Gasteiger partial charge in [-0.1, -0.05) is 30.3 Å². The number of hydrogen-bond donors (Lipinski definition) is 1. The van der Waals surface area contributed by atoms with Gasteiger partial charge in [0, 0.05) is 39.9 Å². The Morgan fingerprint density at radius 1 is 1.06 bits per heavy atom. The molecule has 2 aromatic rings. The Labute approximate surface area is 200 Å². The topological polar surface area (TPSA) is 88.2 Å². The summed E-state index contributed by atoms with van der Waals surface area (Å²) in [6, 6.07) is 11.5. The van der Waals surface area contributed by atoms with Crippen molar-refractivity contribution in [3.8, 4) is 5.75 Å². The van der Waals surface area contributed by atoms with Gasteiger partial charge in [-0.05, 0) is 29.7 Å². The first-order valence-electron chi connectivity index (χ1n) is 13.8. The second kappa shape index (κ2) is 9.33. The molecule has 2 aromatic carbocycles. The molecule has 0 bridgehead atoms. The molecule has 3 unspecified atom stereocenters. The number of amides is 3. The quantitative estimate of drug-likeness (QED) is 0.669. The molecular weight excluding hydrogens is 422 g/mol. The molecule has 0 radical (unpaired) electrons. The van der Waals surface area contributed by atoms with E-state index in [4.69, 9.17) is 17.7 Å². The maximum Gasteiger partial charge on any atom is 0.255 e. The monoisotopic (exact) mass is 455 g/mol. The zero-order valence-corrected chi connectivity index (χ0v) is 17.7. The summed E-state index contributed by atoms with van der Waals surface area (Å²) in [5, 5.41) is 2.29. The first-order chi connectivity index (χ1) is 18.4. The van der Waals surface area contributed by atoms with E-state index in [0.29, 0.717) is 22.4 Å². The lowest BCUT2D eigenvalue weighted by Crippen LogP contribution is -2.52. The van der Waals surface area contributed by atoms with Crippen molar-refractivity contribution in [1.29, 1.82) is 0 Å². The minimum Gasteiger partial charge on any atom is -0.489 e. The number of nitrogens with one attached hydrogen (secondary N) is 1. The van der Waals surface area contributed by atoms with Crippen LogP contribution in [0.3, 0.4) is 0 Å². The second-order valence-electron chi connectivity index (χ2n) is 8.06. The minimum absolute atomic E-state index is 0.0175. The predicted molar refractivity (Wildman–Crippen MR) is 119 cm³/mol. The number of morpholine rings is 1. The molecule has 3 amide bonds. The summed E-state index contributed by atoms with van der Waals surface area (Å²) in [7, 11) is 0. The fourth-order valence-electron chi connectivity index (χ4n) is 4.16. The summed E-state index contributed by atoms with van der Waals surface area (Å²) >= 11 is 0. The van der Waals surface area contributed by atoms with Gasteiger partial charge in [0.2, 0.25) is 11.8 Å². The number of benzene rings is 2. The Balaban J connectivity index is 1.24. The summed E-state index contributed by atoms with van der Waals surface area (Å²) in [5.41, 5.74) is 2.57. The Hall–Kier alpha value is -3.23. The molecule has 2 fully saturated rings. The van der Waals surface area contributed by atoms with Gasteiger partial charge in [-0.25, -0.2) is 0 Å². The van der Waals surface area contributed by atoms with Crippen molar-refractivity contribution in [3.05, 3.63) is 64.7 Å². The number of ether oxygens (including phenoxy) is 2. The largest absolute Gasteiger partial charge is 0.489 e. The predicted octanol–water partition coefficient (Wildman–Crippen LogP) is 1.86. The van der Waals surface area contributed by atoms with Gasteiger partial charge < -0.3 is 14.4 Å². The molecule has 1 N–H and O–H groups in total. The number of imide groups is 1. The third-order valence-corrected chi connectivity index (χ3v) is 5.88. The van der Waals surface area contributed by atoms with Crippen LogP contribution in [0.15, 0.2) is 42.5 Å². The van der Waals surface area contributed by atoms with Crippen LogP contribution in [0.1, 0.15) is 48.1 Å². The Kier molecular flexibility index (Phi) is 4.40. The minimum atomic E-state index is -2.57. The molecule has 0 aliphatic carbocycles. The van der Waals surface area contributed by atoms with Gasteiger partial charge in [0.15, 0.2) is 0 Å². The highest BCUT2D eigenvalue weighted by Crippen LogP contribution is 2.34. The fraction of sp³-hybridized carbons (Fsp3) is 0.400. The van der Waals surface area contributed by atoms with Crippen molar-refractivity contribution in [2.75, 3.05) is 26.2 Å². The first kappa shape index (κ1) is 15.6. The third-order valence-electron chi connectivity index (χ3n) is 5.88. The lowest BCUT2D eigenvalue weighted by Gasteiger charge is -2.29. The lowest BCUT2D eigenvalue weighted by atomic mass is 10.0. The molecule has 0 saturated carbocycles. The molecule has 0 aromatic heterocycles. The van der Waals surface area contributed by atoms with E-state index in [-0.39, 0.29) is 44.4 Å². The molecule has 3 heterocycles. The van der Waals surface area contributed by atoms with Crippen LogP contribution in [0.5, 0.6) is 5.75 Å². The number of hydrogen-bond acceptors (Lipinski definition) is 6. The SMILES string of the molecule is [2H]C1N(Cc2ccc(COc3cccc4c3CN(C3CCC(=O)NC3=O)C4=O)cc2)C([2H])C([2H])([2H])OC1([2H])[2H]. The first-order valence-corrected chi connectivity index (χ1v) is 10.6. The van der Waals surface area contributed by atoms with Crippen LogP contribution in [-0.4, -0.2) is 59.7 Å². The van der Waals surface area contributed by atoms with E-state index in [2.05, 4.69) is 5.32 Å². The number of carbonyl (C=O) groups is 3. The van der Waals surface area contributed by atoms with Crippen LogP contribution in [0, 0.1) is 0 Å². The van der Waals surface area contributed by atoms with Crippen molar-refractivity contribution in [2.45, 2.75) is 38.6 Å². The van der Waals surface area contributed by atoms with Gasteiger partial charge in [0.25, 0.3) is 5.91 Å². The summed E-state index contributed by atoms with van der Waals surface area (Å²) in [6.07, 6.45) is 0.445. The zero-order valence-electron chi connectivity index (χ0n) is 23.7. The standard InChI is InChI=1S/C25H27N3O5/c29-23-9-8-21(24(30)26-23)28-15-20-19(25(28)31)2-1-3-22(20)33-16-18-6-4-17(5-7-18)14-27-10-12-32-13-11-27/h1-7,21H,8-16H2,(H,26,29,30)/i10D,11D,12D2,13D2. The molecule has 3 aliphatic heterocycles. The summed E-state index contributed by atoms with van der Waals surface area (Å²) in [4.78, 5) is 39.4. The van der Waals surface area contributed by atoms with Crippen LogP contribution in [0.2, 0.25) is 0 Å². The van der Waals surface area contributed by atoms with Gasteiger partial charge in [0.1, 0.15) is 18.4 Å². The Morgan fingerprint density at radius 3 is 2.58 bits per heavy atom. The van der Waals surface area contributed by atoms with Crippen LogP contribution >= 0.6 is 0 Å². The average molecular weight is 456 g/mol. The molecular formula is C25H27N3O5. The maximum absolute atomic E-state index is 13.0. The molecule has 0 spiro atoms. The Morgan fingerprint density at radius 2 is 1.82 bits per heavy atom. The van der Waals surface area contributed by atoms with Crippen LogP contribution in [0.4, 0.5) is 0 Å². The molecule has 8 nitrogen and oxygen atoms in total. The highest BCUT2D eigenvalue weighted by Gasteiger charge is 2.40. The van der Waals surface area contributed by atoms with E-state index >= 15 is 0 Å². The van der Waals surface area contributed by atoms with E-state index < -0.39 is 38.1 Å². The number of carbonyl (C=O) groups excluding carboxylic acids is 3. The Bertz CT molecular complexity index is 1290. The van der Waals surface area contributed by atoms with Crippen LogP contribution < -0.4 is 10.1 Å². The number of rotatable bonds is 6. The highest BCUT2D eigenvalue weighted by atomic mass is 16.5. The maximum atomic E-state index is 13.0. The van der Waals surface area contributed by atoms with E-state index in [1.165, 1.54) is 4.90 Å². The number of fused-ring (bicyclic) bond motifs is 1. The smallest absolute Gasteiger partial charge is 0.255 e. The summed E-state index contributed by atoms with van der Waals surface area (Å²) < 4.78 is 58.2. The molecule has 3 atom stereocenters. The van der Waals surface area contributed by atoms with E-state index in [1.54, 1.807) is 42.5 Å². The van der Waals surface area contributed by atoms with Crippen LogP contribution in [-0.2, 0) is 34.0 Å². The normalized spacial score (nSPS) is 31.3. The molecule has 2 saturated heterocycles. The van der Waals surface area contributed by atoms with Gasteiger partial charge in [-0.3, -0.25) is 24.6 Å². The van der Waals surface area contributed by atoms with E-state index in [0.717, 1.165) is 10.5 Å². The van der Waals surface area contributed by atoms with Crippen molar-refractivity contribution in [3.63, 3.8) is 0 Å². The van der Waals surface area contributed by atoms with Gasteiger partial charge in [0.05, 0.1) is 25.1 Å². The van der Waals surface area contributed by atoms with Crippen molar-refractivity contribution < 1.29 is 32.1 Å². The zero-order chi connectivity index (χ0) is 28.1.